The van der Waals surface area contributed by atoms with Crippen molar-refractivity contribution in [3.63, 3.8) is 0 Å². The van der Waals surface area contributed by atoms with E-state index in [9.17, 15) is 9.18 Å². The normalized spacial score (nSPS) is 14.4. The first-order valence-corrected chi connectivity index (χ1v) is 5.34. The third kappa shape index (κ3) is 3.01. The number of hydrogen-bond donors (Lipinski definition) is 3. The number of rotatable bonds is 5. The minimum absolute atomic E-state index is 0.292. The molecule has 0 fully saturated rings. The molecule has 17 heavy (non-hydrogen) atoms. The van der Waals surface area contributed by atoms with E-state index in [1.807, 2.05) is 0 Å². The second kappa shape index (κ2) is 5.75. The summed E-state index contributed by atoms with van der Waals surface area (Å²) in [5.74, 6) is -1.24. The van der Waals surface area contributed by atoms with Crippen LogP contribution < -0.4 is 10.6 Å². The number of carbonyl (C=O) groups is 1. The first-order chi connectivity index (χ1) is 8.01. The maximum Gasteiger partial charge on any atom is 0.322 e. The molecule has 5 heteroatoms. The smallest absolute Gasteiger partial charge is 0.322 e. The van der Waals surface area contributed by atoms with E-state index in [1.165, 1.54) is 6.07 Å². The van der Waals surface area contributed by atoms with Gasteiger partial charge in [-0.15, -0.1) is 0 Å². The molecule has 0 bridgehead atoms. The highest BCUT2D eigenvalue weighted by Gasteiger charge is 2.26. The van der Waals surface area contributed by atoms with E-state index in [0.29, 0.717) is 5.56 Å². The number of aryl methyl sites for hydroxylation is 1. The average Bonchev–Trinajstić information content (AvgIpc) is 2.29. The lowest BCUT2D eigenvalue weighted by atomic mass is 9.98. The largest absolute Gasteiger partial charge is 0.480 e. The monoisotopic (exact) mass is 240 g/mol. The molecule has 1 aromatic rings. The molecular weight excluding hydrogens is 223 g/mol. The molecule has 0 radical (unpaired) electrons. The van der Waals surface area contributed by atoms with Crippen molar-refractivity contribution in [1.82, 2.24) is 10.6 Å². The summed E-state index contributed by atoms with van der Waals surface area (Å²) in [6.45, 7) is 1.65. The molecule has 0 aliphatic carbocycles. The van der Waals surface area contributed by atoms with Crippen LogP contribution in [0, 0.1) is 12.7 Å². The van der Waals surface area contributed by atoms with Crippen LogP contribution in [0.1, 0.15) is 17.2 Å². The van der Waals surface area contributed by atoms with Crippen molar-refractivity contribution >= 4 is 5.97 Å². The highest BCUT2D eigenvalue weighted by atomic mass is 19.1. The Morgan fingerprint density at radius 1 is 1.35 bits per heavy atom. The van der Waals surface area contributed by atoms with Gasteiger partial charge in [-0.05, 0) is 38.2 Å². The Kier molecular flexibility index (Phi) is 4.60. The van der Waals surface area contributed by atoms with Crippen LogP contribution >= 0.6 is 0 Å². The summed E-state index contributed by atoms with van der Waals surface area (Å²) >= 11 is 0. The van der Waals surface area contributed by atoms with Gasteiger partial charge in [0.15, 0.2) is 0 Å². The lowest BCUT2D eigenvalue weighted by Gasteiger charge is -2.23. The van der Waals surface area contributed by atoms with Crippen LogP contribution in [-0.2, 0) is 4.79 Å². The molecular formula is C12H17FN2O2. The summed E-state index contributed by atoms with van der Waals surface area (Å²) in [4.78, 5) is 11.1. The third-order valence-corrected chi connectivity index (χ3v) is 2.76. The molecule has 2 unspecified atom stereocenters. The Bertz CT molecular complexity index is 409. The maximum absolute atomic E-state index is 13.2. The molecule has 1 aromatic carbocycles. The summed E-state index contributed by atoms with van der Waals surface area (Å²) in [6.07, 6.45) is 0. The van der Waals surface area contributed by atoms with Crippen LogP contribution in [0.15, 0.2) is 18.2 Å². The summed E-state index contributed by atoms with van der Waals surface area (Å²) < 4.78 is 13.2. The number of nitrogens with one attached hydrogen (secondary N) is 2. The van der Waals surface area contributed by atoms with Crippen LogP contribution in [0.4, 0.5) is 4.39 Å². The maximum atomic E-state index is 13.2. The van der Waals surface area contributed by atoms with Crippen molar-refractivity contribution in [3.8, 4) is 0 Å². The number of likely N-dealkylation sites (N-methyl/N-ethyl adjacent to an activating group) is 2. The van der Waals surface area contributed by atoms with E-state index in [1.54, 1.807) is 33.2 Å². The van der Waals surface area contributed by atoms with E-state index >= 15 is 0 Å². The van der Waals surface area contributed by atoms with E-state index < -0.39 is 18.1 Å². The van der Waals surface area contributed by atoms with Gasteiger partial charge in [-0.3, -0.25) is 4.79 Å². The number of hydrogen-bond acceptors (Lipinski definition) is 3. The number of carboxylic acids is 1. The van der Waals surface area contributed by atoms with Crippen molar-refractivity contribution in [3.05, 3.63) is 35.1 Å². The second-order valence-electron chi connectivity index (χ2n) is 3.88. The predicted octanol–water partition coefficient (Wildman–Crippen LogP) is 1.07. The molecule has 0 amide bonds. The lowest BCUT2D eigenvalue weighted by Crippen LogP contribution is -2.44. The molecule has 0 saturated heterocycles. The van der Waals surface area contributed by atoms with Gasteiger partial charge in [0.2, 0.25) is 0 Å². The van der Waals surface area contributed by atoms with Gasteiger partial charge in [-0.1, -0.05) is 12.1 Å². The quantitative estimate of drug-likeness (QED) is 0.720. The Morgan fingerprint density at radius 2 is 2.00 bits per heavy atom. The van der Waals surface area contributed by atoms with E-state index in [4.69, 9.17) is 5.11 Å². The Morgan fingerprint density at radius 3 is 2.41 bits per heavy atom. The third-order valence-electron chi connectivity index (χ3n) is 2.76. The standard InChI is InChI=1S/C12H17FN2O2/c1-7-6-8(4-5-9(7)13)10(14-2)11(15-3)12(16)17/h4-6,10-11,14-15H,1-3H3,(H,16,17). The first kappa shape index (κ1) is 13.6. The molecule has 1 rings (SSSR count). The number of halogens is 1. The Labute approximate surface area is 99.8 Å². The highest BCUT2D eigenvalue weighted by Crippen LogP contribution is 2.19. The molecule has 0 saturated carbocycles. The minimum Gasteiger partial charge on any atom is -0.480 e. The highest BCUT2D eigenvalue weighted by molar-refractivity contribution is 5.74. The molecule has 2 atom stereocenters. The zero-order chi connectivity index (χ0) is 13.0. The number of benzene rings is 1. The molecule has 94 valence electrons. The molecule has 0 spiro atoms. The Hall–Kier alpha value is -1.46. The fourth-order valence-electron chi connectivity index (χ4n) is 1.82. The van der Waals surface area contributed by atoms with Gasteiger partial charge in [-0.2, -0.15) is 0 Å². The molecule has 0 aliphatic heterocycles. The van der Waals surface area contributed by atoms with Crippen LogP contribution in [0.2, 0.25) is 0 Å². The summed E-state index contributed by atoms with van der Waals surface area (Å²) in [5.41, 5.74) is 1.25. The second-order valence-corrected chi connectivity index (χ2v) is 3.88. The minimum atomic E-state index is -0.950. The lowest BCUT2D eigenvalue weighted by molar-refractivity contribution is -0.140. The van der Waals surface area contributed by atoms with Gasteiger partial charge < -0.3 is 15.7 Å². The van der Waals surface area contributed by atoms with E-state index in [2.05, 4.69) is 10.6 Å². The summed E-state index contributed by atoms with van der Waals surface area (Å²) in [5, 5.41) is 14.7. The van der Waals surface area contributed by atoms with Gasteiger partial charge in [0.05, 0.1) is 6.04 Å². The topological polar surface area (TPSA) is 61.4 Å². The molecule has 3 N–H and O–H groups in total. The molecule has 0 aromatic heterocycles. The van der Waals surface area contributed by atoms with Crippen molar-refractivity contribution in [2.75, 3.05) is 14.1 Å². The van der Waals surface area contributed by atoms with E-state index in [-0.39, 0.29) is 5.82 Å². The average molecular weight is 240 g/mol. The molecule has 0 aliphatic rings. The summed E-state index contributed by atoms with van der Waals surface area (Å²) in [6, 6.07) is 3.44. The van der Waals surface area contributed by atoms with Gasteiger partial charge in [0, 0.05) is 0 Å². The van der Waals surface area contributed by atoms with Crippen LogP contribution in [0.25, 0.3) is 0 Å². The zero-order valence-electron chi connectivity index (χ0n) is 10.1. The van der Waals surface area contributed by atoms with Crippen LogP contribution in [0.5, 0.6) is 0 Å². The van der Waals surface area contributed by atoms with Crippen LogP contribution in [-0.4, -0.2) is 31.2 Å². The van der Waals surface area contributed by atoms with Crippen molar-refractivity contribution in [1.29, 1.82) is 0 Å². The van der Waals surface area contributed by atoms with Crippen molar-refractivity contribution in [2.24, 2.45) is 0 Å². The van der Waals surface area contributed by atoms with Gasteiger partial charge in [-0.25, -0.2) is 4.39 Å². The summed E-state index contributed by atoms with van der Waals surface area (Å²) in [7, 11) is 3.26. The van der Waals surface area contributed by atoms with Gasteiger partial charge >= 0.3 is 5.97 Å². The van der Waals surface area contributed by atoms with Crippen LogP contribution in [0.3, 0.4) is 0 Å². The van der Waals surface area contributed by atoms with Gasteiger partial charge in [0.1, 0.15) is 11.9 Å². The van der Waals surface area contributed by atoms with Crippen molar-refractivity contribution in [2.45, 2.75) is 19.0 Å². The molecule has 4 nitrogen and oxygen atoms in total. The number of aliphatic carboxylic acids is 1. The fourth-order valence-corrected chi connectivity index (χ4v) is 1.82. The van der Waals surface area contributed by atoms with Gasteiger partial charge in [0.25, 0.3) is 0 Å². The van der Waals surface area contributed by atoms with E-state index in [0.717, 1.165) is 5.56 Å². The van der Waals surface area contributed by atoms with Crippen molar-refractivity contribution < 1.29 is 14.3 Å². The zero-order valence-corrected chi connectivity index (χ0v) is 10.1. The Balaban J connectivity index is 3.08. The molecule has 0 heterocycles. The SMILES string of the molecule is CNC(C(=O)O)C(NC)c1ccc(F)c(C)c1. The first-order valence-electron chi connectivity index (χ1n) is 5.34. The predicted molar refractivity (Wildman–Crippen MR) is 63.4 cm³/mol. The number of carboxylic acid groups (broad SMARTS) is 1. The fraction of sp³-hybridized carbons (Fsp3) is 0.417.